The van der Waals surface area contributed by atoms with Crippen LogP contribution >= 0.6 is 0 Å². The van der Waals surface area contributed by atoms with Gasteiger partial charge in [-0.3, -0.25) is 5.32 Å². The van der Waals surface area contributed by atoms with E-state index in [4.69, 9.17) is 9.47 Å². The zero-order chi connectivity index (χ0) is 21.0. The number of nitrogens with one attached hydrogen (secondary N) is 1. The lowest BCUT2D eigenvalue weighted by molar-refractivity contribution is 0.0635. The third-order valence-electron chi connectivity index (χ3n) is 3.47. The topological polar surface area (TPSA) is 63.7 Å². The van der Waals surface area contributed by atoms with E-state index < -0.39 is 11.7 Å². The Bertz CT molecular complexity index is 548. The standard InChI is InChI=1S/C17H27N3O3.2C2H6/c1-17(2,3)23-16(21)19-15-7-6-13(12-8-9-22-11-12)14(18-15)10-20(4)5;2*1-2/h6-7,12H,8-11H2,1-5H3,(H,18,19,21);2*1-2H3. The van der Waals surface area contributed by atoms with Gasteiger partial charge in [0.2, 0.25) is 0 Å². The fourth-order valence-corrected chi connectivity index (χ4v) is 2.57. The molecule has 6 heteroatoms. The lowest BCUT2D eigenvalue weighted by Gasteiger charge is -2.21. The van der Waals surface area contributed by atoms with Gasteiger partial charge >= 0.3 is 6.09 Å². The van der Waals surface area contributed by atoms with Crippen LogP contribution in [0.2, 0.25) is 0 Å². The third-order valence-corrected chi connectivity index (χ3v) is 3.47. The minimum atomic E-state index is -0.530. The maximum Gasteiger partial charge on any atom is 0.413 e. The van der Waals surface area contributed by atoms with Gasteiger partial charge in [-0.2, -0.15) is 0 Å². The summed E-state index contributed by atoms with van der Waals surface area (Å²) in [6.07, 6.45) is 0.527. The second-order valence-corrected chi connectivity index (χ2v) is 7.16. The number of carbonyl (C=O) groups is 1. The van der Waals surface area contributed by atoms with E-state index in [2.05, 4.69) is 15.2 Å². The fraction of sp³-hybridized carbons (Fsp3) is 0.714. The molecule has 27 heavy (non-hydrogen) atoms. The zero-order valence-corrected chi connectivity index (χ0v) is 18.7. The first-order chi connectivity index (χ1) is 12.7. The first-order valence-corrected chi connectivity index (χ1v) is 9.97. The summed E-state index contributed by atoms with van der Waals surface area (Å²) in [4.78, 5) is 18.6. The Hall–Kier alpha value is -1.66. The van der Waals surface area contributed by atoms with Gasteiger partial charge in [0.05, 0.1) is 12.3 Å². The molecule has 156 valence electrons. The predicted octanol–water partition coefficient (Wildman–Crippen LogP) is 5.05. The Morgan fingerprint density at radius 1 is 1.26 bits per heavy atom. The third kappa shape index (κ3) is 9.73. The van der Waals surface area contributed by atoms with E-state index in [1.54, 1.807) is 0 Å². The van der Waals surface area contributed by atoms with Crippen molar-refractivity contribution in [2.45, 2.75) is 73.0 Å². The van der Waals surface area contributed by atoms with Crippen LogP contribution in [0.25, 0.3) is 0 Å². The molecule has 0 spiro atoms. The highest BCUT2D eigenvalue weighted by Crippen LogP contribution is 2.28. The highest BCUT2D eigenvalue weighted by Gasteiger charge is 2.23. The van der Waals surface area contributed by atoms with Crippen LogP contribution in [-0.4, -0.2) is 48.9 Å². The zero-order valence-electron chi connectivity index (χ0n) is 18.7. The molecule has 0 saturated carbocycles. The maximum absolute atomic E-state index is 11.9. The van der Waals surface area contributed by atoms with Gasteiger partial charge in [0.15, 0.2) is 0 Å². The quantitative estimate of drug-likeness (QED) is 0.791. The molecule has 1 N–H and O–H groups in total. The number of amides is 1. The molecule has 1 amide bonds. The minimum absolute atomic E-state index is 0.382. The molecule has 1 aromatic rings. The SMILES string of the molecule is CC.CC.CN(C)Cc1nc(NC(=O)OC(C)(C)C)ccc1C1CCOC1. The molecule has 2 rings (SSSR count). The molecule has 1 aliphatic heterocycles. The van der Waals surface area contributed by atoms with Gasteiger partial charge < -0.3 is 14.4 Å². The fourth-order valence-electron chi connectivity index (χ4n) is 2.57. The summed E-state index contributed by atoms with van der Waals surface area (Å²) >= 11 is 0. The van der Waals surface area contributed by atoms with Gasteiger partial charge in [0.1, 0.15) is 11.4 Å². The summed E-state index contributed by atoms with van der Waals surface area (Å²) < 4.78 is 10.8. The number of pyridine rings is 1. The molecule has 6 nitrogen and oxygen atoms in total. The number of carbonyl (C=O) groups excluding carboxylic acids is 1. The largest absolute Gasteiger partial charge is 0.444 e. The summed E-state index contributed by atoms with van der Waals surface area (Å²) in [5.74, 6) is 0.895. The van der Waals surface area contributed by atoms with Gasteiger partial charge in [-0.1, -0.05) is 33.8 Å². The van der Waals surface area contributed by atoms with Crippen LogP contribution in [-0.2, 0) is 16.0 Å². The molecular weight excluding hydrogens is 342 g/mol. The second kappa shape index (κ2) is 12.7. The van der Waals surface area contributed by atoms with Crippen molar-refractivity contribution in [3.05, 3.63) is 23.4 Å². The highest BCUT2D eigenvalue weighted by molar-refractivity contribution is 5.83. The van der Waals surface area contributed by atoms with Gasteiger partial charge in [-0.05, 0) is 52.9 Å². The number of hydrogen-bond donors (Lipinski definition) is 1. The number of ether oxygens (including phenoxy) is 2. The van der Waals surface area contributed by atoms with Gasteiger partial charge in [0, 0.05) is 19.1 Å². The van der Waals surface area contributed by atoms with E-state index in [1.807, 2.05) is 74.7 Å². The van der Waals surface area contributed by atoms with Gasteiger partial charge in [0.25, 0.3) is 0 Å². The summed E-state index contributed by atoms with van der Waals surface area (Å²) in [6, 6.07) is 3.87. The number of rotatable bonds is 4. The number of hydrogen-bond acceptors (Lipinski definition) is 5. The molecule has 0 aromatic carbocycles. The normalized spacial score (nSPS) is 16.0. The Kier molecular flexibility index (Phi) is 11.9. The van der Waals surface area contributed by atoms with Crippen LogP contribution in [0.3, 0.4) is 0 Å². The van der Waals surface area contributed by atoms with Crippen molar-refractivity contribution in [1.82, 2.24) is 9.88 Å². The summed E-state index contributed by atoms with van der Waals surface area (Å²) in [5, 5.41) is 2.71. The summed E-state index contributed by atoms with van der Waals surface area (Å²) in [5.41, 5.74) is 1.64. The van der Waals surface area contributed by atoms with Crippen molar-refractivity contribution in [2.75, 3.05) is 32.6 Å². The van der Waals surface area contributed by atoms with E-state index in [9.17, 15) is 4.79 Å². The molecule has 1 saturated heterocycles. The lowest BCUT2D eigenvalue weighted by atomic mass is 9.96. The van der Waals surface area contributed by atoms with Crippen molar-refractivity contribution in [3.63, 3.8) is 0 Å². The number of aromatic nitrogens is 1. The first kappa shape index (κ1) is 25.3. The van der Waals surface area contributed by atoms with Gasteiger partial charge in [-0.15, -0.1) is 0 Å². The molecular formula is C21H39N3O3. The summed E-state index contributed by atoms with van der Waals surface area (Å²) in [7, 11) is 4.01. The van der Waals surface area contributed by atoms with Crippen molar-refractivity contribution in [3.8, 4) is 0 Å². The van der Waals surface area contributed by atoms with Crippen LogP contribution in [0.1, 0.15) is 72.1 Å². The van der Waals surface area contributed by atoms with Crippen molar-refractivity contribution < 1.29 is 14.3 Å². The smallest absolute Gasteiger partial charge is 0.413 e. The Labute approximate surface area is 165 Å². The molecule has 1 atom stereocenters. The molecule has 1 fully saturated rings. The van der Waals surface area contributed by atoms with E-state index >= 15 is 0 Å². The van der Waals surface area contributed by atoms with Crippen LogP contribution < -0.4 is 5.32 Å². The van der Waals surface area contributed by atoms with Crippen LogP contribution in [0.4, 0.5) is 10.6 Å². The van der Waals surface area contributed by atoms with Gasteiger partial charge in [-0.25, -0.2) is 9.78 Å². The Morgan fingerprint density at radius 2 is 1.89 bits per heavy atom. The van der Waals surface area contributed by atoms with Crippen LogP contribution in [0.15, 0.2) is 12.1 Å². The molecule has 1 unspecified atom stereocenters. The van der Waals surface area contributed by atoms with E-state index in [0.29, 0.717) is 11.7 Å². The molecule has 0 bridgehead atoms. The lowest BCUT2D eigenvalue weighted by Crippen LogP contribution is -2.27. The highest BCUT2D eigenvalue weighted by atomic mass is 16.6. The minimum Gasteiger partial charge on any atom is -0.444 e. The predicted molar refractivity (Wildman–Crippen MR) is 112 cm³/mol. The second-order valence-electron chi connectivity index (χ2n) is 7.16. The monoisotopic (exact) mass is 381 g/mol. The number of anilines is 1. The van der Waals surface area contributed by atoms with E-state index in [1.165, 1.54) is 5.56 Å². The van der Waals surface area contributed by atoms with Crippen molar-refractivity contribution in [2.24, 2.45) is 0 Å². The van der Waals surface area contributed by atoms with Crippen LogP contribution in [0.5, 0.6) is 0 Å². The average molecular weight is 382 g/mol. The van der Waals surface area contributed by atoms with E-state index in [0.717, 1.165) is 31.9 Å². The Morgan fingerprint density at radius 3 is 2.37 bits per heavy atom. The number of nitrogens with zero attached hydrogens (tertiary/aromatic N) is 2. The first-order valence-electron chi connectivity index (χ1n) is 9.97. The van der Waals surface area contributed by atoms with Crippen molar-refractivity contribution >= 4 is 11.9 Å². The molecule has 1 aromatic heterocycles. The van der Waals surface area contributed by atoms with Crippen LogP contribution in [0, 0.1) is 0 Å². The molecule has 0 aliphatic carbocycles. The molecule has 2 heterocycles. The summed E-state index contributed by atoms with van der Waals surface area (Å²) in [6.45, 7) is 15.8. The van der Waals surface area contributed by atoms with E-state index in [-0.39, 0.29) is 0 Å². The maximum atomic E-state index is 11.9. The average Bonchev–Trinajstić information content (AvgIpc) is 3.11. The molecule has 0 radical (unpaired) electrons. The van der Waals surface area contributed by atoms with Crippen molar-refractivity contribution in [1.29, 1.82) is 0 Å². The Balaban J connectivity index is 0.00000158. The molecule has 1 aliphatic rings.